The monoisotopic (exact) mass is 313 g/mol. The minimum absolute atomic E-state index is 0.0284. The van der Waals surface area contributed by atoms with Crippen molar-refractivity contribution in [3.05, 3.63) is 11.1 Å². The van der Waals surface area contributed by atoms with Gasteiger partial charge < -0.3 is 14.9 Å². The Morgan fingerprint density at radius 3 is 2.18 bits per heavy atom. The fourth-order valence-corrected chi connectivity index (χ4v) is 2.72. The Morgan fingerprint density at radius 1 is 1.05 bits per heavy atom. The molecule has 22 heavy (non-hydrogen) atoms. The van der Waals surface area contributed by atoms with Gasteiger partial charge in [0.2, 0.25) is 0 Å². The molecule has 0 spiro atoms. The number of hydrogen-bond donors (Lipinski definition) is 2. The molecule has 1 rings (SSSR count). The van der Waals surface area contributed by atoms with Crippen molar-refractivity contribution in [2.75, 3.05) is 32.8 Å². The van der Waals surface area contributed by atoms with Gasteiger partial charge in [0.1, 0.15) is 0 Å². The molecule has 6 nitrogen and oxygen atoms in total. The molecule has 1 aliphatic rings. The molecular formula is C16H27NO5. The molecule has 1 aliphatic heterocycles. The Morgan fingerprint density at radius 2 is 1.68 bits per heavy atom. The molecule has 1 fully saturated rings. The van der Waals surface area contributed by atoms with E-state index in [1.807, 2.05) is 0 Å². The van der Waals surface area contributed by atoms with Crippen LogP contribution in [0.3, 0.4) is 0 Å². The summed E-state index contributed by atoms with van der Waals surface area (Å²) in [5.74, 6) is -2.53. The third kappa shape index (κ3) is 6.15. The maximum atomic E-state index is 11.3. The third-order valence-electron chi connectivity index (χ3n) is 3.90. The lowest BCUT2D eigenvalue weighted by atomic mass is 9.93. The van der Waals surface area contributed by atoms with Gasteiger partial charge in [-0.3, -0.25) is 4.90 Å². The van der Waals surface area contributed by atoms with Crippen molar-refractivity contribution in [2.24, 2.45) is 5.92 Å². The van der Waals surface area contributed by atoms with Gasteiger partial charge in [-0.2, -0.15) is 0 Å². The van der Waals surface area contributed by atoms with Gasteiger partial charge in [0.05, 0.1) is 13.2 Å². The Hall–Kier alpha value is -1.40. The van der Waals surface area contributed by atoms with Gasteiger partial charge in [-0.15, -0.1) is 0 Å². The van der Waals surface area contributed by atoms with Crippen molar-refractivity contribution in [3.63, 3.8) is 0 Å². The maximum Gasteiger partial charge on any atom is 0.332 e. The third-order valence-corrected chi connectivity index (χ3v) is 3.90. The summed E-state index contributed by atoms with van der Waals surface area (Å²) in [7, 11) is 0. The summed E-state index contributed by atoms with van der Waals surface area (Å²) >= 11 is 0. The normalized spacial score (nSPS) is 17.4. The van der Waals surface area contributed by atoms with Crippen LogP contribution in [0.2, 0.25) is 0 Å². The molecule has 1 saturated heterocycles. The Balaban J connectivity index is 2.43. The first-order chi connectivity index (χ1) is 10.4. The zero-order chi connectivity index (χ0) is 16.5. The quantitative estimate of drug-likeness (QED) is 0.500. The van der Waals surface area contributed by atoms with Gasteiger partial charge in [0, 0.05) is 24.2 Å². The molecule has 0 bridgehead atoms. The predicted octanol–water partition coefficient (Wildman–Crippen LogP) is 2.00. The van der Waals surface area contributed by atoms with Crippen molar-refractivity contribution < 1.29 is 24.5 Å². The second kappa shape index (κ2) is 9.58. The van der Waals surface area contributed by atoms with Gasteiger partial charge in [0.25, 0.3) is 0 Å². The van der Waals surface area contributed by atoms with E-state index in [1.54, 1.807) is 13.8 Å². The van der Waals surface area contributed by atoms with Crippen molar-refractivity contribution >= 4 is 11.9 Å². The van der Waals surface area contributed by atoms with Crippen LogP contribution >= 0.6 is 0 Å². The smallest absolute Gasteiger partial charge is 0.332 e. The van der Waals surface area contributed by atoms with Crippen molar-refractivity contribution in [3.8, 4) is 0 Å². The number of aliphatic carboxylic acids is 2. The lowest BCUT2D eigenvalue weighted by molar-refractivity contribution is -0.136. The largest absolute Gasteiger partial charge is 0.478 e. The van der Waals surface area contributed by atoms with E-state index >= 15 is 0 Å². The van der Waals surface area contributed by atoms with Gasteiger partial charge in [-0.1, -0.05) is 20.3 Å². The van der Waals surface area contributed by atoms with Crippen molar-refractivity contribution in [1.29, 1.82) is 0 Å². The number of hydrogen-bond acceptors (Lipinski definition) is 4. The summed E-state index contributed by atoms with van der Waals surface area (Å²) in [5, 5.41) is 18.5. The van der Waals surface area contributed by atoms with Crippen LogP contribution in [0.4, 0.5) is 0 Å². The average molecular weight is 313 g/mol. The topological polar surface area (TPSA) is 87.1 Å². The van der Waals surface area contributed by atoms with E-state index in [0.29, 0.717) is 12.8 Å². The average Bonchev–Trinajstić information content (AvgIpc) is 2.45. The first-order valence-electron chi connectivity index (χ1n) is 7.93. The van der Waals surface area contributed by atoms with Crippen LogP contribution in [0.15, 0.2) is 11.1 Å². The predicted molar refractivity (Wildman–Crippen MR) is 82.9 cm³/mol. The van der Waals surface area contributed by atoms with E-state index in [4.69, 9.17) is 4.74 Å². The molecular weight excluding hydrogens is 286 g/mol. The van der Waals surface area contributed by atoms with E-state index in [2.05, 4.69) is 4.90 Å². The minimum atomic E-state index is -1.12. The zero-order valence-corrected chi connectivity index (χ0v) is 13.5. The highest BCUT2D eigenvalue weighted by Gasteiger charge is 2.22. The van der Waals surface area contributed by atoms with Gasteiger partial charge >= 0.3 is 11.9 Å². The molecule has 0 unspecified atom stereocenters. The zero-order valence-electron chi connectivity index (χ0n) is 13.5. The fourth-order valence-electron chi connectivity index (χ4n) is 2.72. The first kappa shape index (κ1) is 18.6. The van der Waals surface area contributed by atoms with E-state index in [0.717, 1.165) is 45.7 Å². The van der Waals surface area contributed by atoms with Crippen LogP contribution in [0.5, 0.6) is 0 Å². The Bertz CT molecular complexity index is 411. The van der Waals surface area contributed by atoms with Crippen molar-refractivity contribution in [2.45, 2.75) is 39.5 Å². The molecule has 2 N–H and O–H groups in total. The van der Waals surface area contributed by atoms with Crippen LogP contribution in [0.25, 0.3) is 0 Å². The lowest BCUT2D eigenvalue weighted by Crippen LogP contribution is -2.36. The molecule has 0 radical (unpaired) electrons. The summed E-state index contributed by atoms with van der Waals surface area (Å²) < 4.78 is 5.29. The number of carbonyl (C=O) groups is 2. The highest BCUT2D eigenvalue weighted by atomic mass is 16.5. The summed E-state index contributed by atoms with van der Waals surface area (Å²) in [4.78, 5) is 24.9. The summed E-state index contributed by atoms with van der Waals surface area (Å²) in [6.45, 7) is 7.89. The maximum absolute atomic E-state index is 11.3. The summed E-state index contributed by atoms with van der Waals surface area (Å²) in [6, 6.07) is 0. The Kier molecular flexibility index (Phi) is 8.12. The van der Waals surface area contributed by atoms with Crippen LogP contribution in [-0.2, 0) is 14.3 Å². The number of nitrogens with zero attached hydrogens (tertiary/aromatic N) is 1. The fraction of sp³-hybridized carbons (Fsp3) is 0.750. The number of ether oxygens (including phenoxy) is 1. The van der Waals surface area contributed by atoms with E-state index in [1.165, 1.54) is 0 Å². The van der Waals surface area contributed by atoms with Crippen LogP contribution in [-0.4, -0.2) is 59.9 Å². The second-order valence-corrected chi connectivity index (χ2v) is 5.92. The highest BCUT2D eigenvalue weighted by Crippen LogP contribution is 2.21. The number of unbranched alkanes of at least 4 members (excludes halogenated alkanes) is 2. The second-order valence-electron chi connectivity index (χ2n) is 5.92. The number of carboxylic acids is 2. The molecule has 6 heteroatoms. The molecule has 0 atom stereocenters. The van der Waals surface area contributed by atoms with Crippen molar-refractivity contribution in [1.82, 2.24) is 4.90 Å². The molecule has 126 valence electrons. The van der Waals surface area contributed by atoms with E-state index in [9.17, 15) is 19.8 Å². The van der Waals surface area contributed by atoms with E-state index < -0.39 is 11.9 Å². The summed E-state index contributed by atoms with van der Waals surface area (Å²) in [6.07, 6.45) is 2.92. The number of morpholine rings is 1. The van der Waals surface area contributed by atoms with Gasteiger partial charge in [-0.05, 0) is 31.7 Å². The molecule has 1 heterocycles. The standard InChI is InChI=1S/C16H27NO5/c1-12(2)14(16(20)21)13(15(18)19)6-4-3-5-7-17-8-10-22-11-9-17/h12H,3-11H2,1-2H3,(H,18,19)(H,20,21)/b14-13+. The Labute approximate surface area is 131 Å². The molecule has 0 amide bonds. The summed E-state index contributed by atoms with van der Waals surface area (Å²) in [5.41, 5.74) is 0.0783. The molecule has 0 aromatic carbocycles. The SMILES string of the molecule is CC(C)/C(C(=O)O)=C(/CCCCCN1CCOCC1)C(=O)O. The first-order valence-corrected chi connectivity index (χ1v) is 7.93. The molecule has 0 saturated carbocycles. The van der Waals surface area contributed by atoms with Crippen LogP contribution in [0, 0.1) is 5.92 Å². The van der Waals surface area contributed by atoms with Gasteiger partial charge in [-0.25, -0.2) is 9.59 Å². The number of rotatable bonds is 9. The number of carboxylic acid groups (broad SMARTS) is 2. The highest BCUT2D eigenvalue weighted by molar-refractivity contribution is 5.99. The molecule has 0 aromatic heterocycles. The molecule has 0 aliphatic carbocycles. The molecule has 0 aromatic rings. The van der Waals surface area contributed by atoms with Gasteiger partial charge in [0.15, 0.2) is 0 Å². The van der Waals surface area contributed by atoms with Crippen LogP contribution < -0.4 is 0 Å². The minimum Gasteiger partial charge on any atom is -0.478 e. The van der Waals surface area contributed by atoms with Crippen LogP contribution in [0.1, 0.15) is 39.5 Å². The lowest BCUT2D eigenvalue weighted by Gasteiger charge is -2.26. The van der Waals surface area contributed by atoms with E-state index in [-0.39, 0.29) is 17.1 Å².